The third-order valence-electron chi connectivity index (χ3n) is 4.10. The molecule has 138 valence electrons. The van der Waals surface area contributed by atoms with Gasteiger partial charge in [0.25, 0.3) is 0 Å². The fourth-order valence-corrected chi connectivity index (χ4v) is 2.38. The lowest BCUT2D eigenvalue weighted by molar-refractivity contribution is -0.133. The summed E-state index contributed by atoms with van der Waals surface area (Å²) in [5.74, 6) is -0.890. The molecule has 2 aromatic carbocycles. The first-order valence-corrected chi connectivity index (χ1v) is 8.36. The normalized spacial score (nSPS) is 10.3. The van der Waals surface area contributed by atoms with E-state index in [1.54, 1.807) is 19.2 Å². The Morgan fingerprint density at radius 3 is 2.58 bits per heavy atom. The number of likely N-dealkylation sites (N-methyl/N-ethyl adjacent to an activating group) is 1. The minimum absolute atomic E-state index is 0.0444. The van der Waals surface area contributed by atoms with Gasteiger partial charge in [-0.2, -0.15) is 0 Å². The van der Waals surface area contributed by atoms with Gasteiger partial charge in [0.15, 0.2) is 11.6 Å². The molecule has 0 aromatic heterocycles. The van der Waals surface area contributed by atoms with Crippen molar-refractivity contribution < 1.29 is 18.7 Å². The molecule has 0 atom stereocenters. The molecule has 0 radical (unpaired) electrons. The molecular formula is C20H23FN2O3. The first kappa shape index (κ1) is 19.4. The number of anilines is 1. The molecule has 1 N–H and O–H groups in total. The summed E-state index contributed by atoms with van der Waals surface area (Å²) in [7, 11) is 1.55. The van der Waals surface area contributed by atoms with Crippen molar-refractivity contribution >= 4 is 17.5 Å². The Balaban J connectivity index is 1.80. The number of hydrogen-bond acceptors (Lipinski definition) is 3. The second-order valence-corrected chi connectivity index (χ2v) is 6.07. The maximum atomic E-state index is 13.4. The highest BCUT2D eigenvalue weighted by Gasteiger charge is 2.14. The zero-order chi connectivity index (χ0) is 19.1. The van der Waals surface area contributed by atoms with Crippen LogP contribution in [-0.2, 0) is 9.59 Å². The third kappa shape index (κ3) is 5.31. The maximum Gasteiger partial charge on any atom is 0.243 e. The zero-order valence-corrected chi connectivity index (χ0v) is 15.2. The van der Waals surface area contributed by atoms with Gasteiger partial charge in [0.1, 0.15) is 0 Å². The molecule has 0 heterocycles. The van der Waals surface area contributed by atoms with Gasteiger partial charge in [-0.3, -0.25) is 9.59 Å². The van der Waals surface area contributed by atoms with Crippen LogP contribution in [-0.4, -0.2) is 36.9 Å². The maximum absolute atomic E-state index is 13.4. The highest BCUT2D eigenvalue weighted by Crippen LogP contribution is 2.18. The van der Waals surface area contributed by atoms with Crippen LogP contribution in [0.4, 0.5) is 10.1 Å². The van der Waals surface area contributed by atoms with E-state index in [1.807, 2.05) is 32.0 Å². The van der Waals surface area contributed by atoms with Crippen LogP contribution in [0.5, 0.6) is 5.75 Å². The number of ether oxygens (including phenoxy) is 1. The molecule has 0 saturated heterocycles. The molecule has 0 aliphatic heterocycles. The van der Waals surface area contributed by atoms with Crippen LogP contribution in [0.15, 0.2) is 42.5 Å². The Morgan fingerprint density at radius 1 is 1.12 bits per heavy atom. The van der Waals surface area contributed by atoms with Crippen molar-refractivity contribution in [3.05, 3.63) is 59.4 Å². The molecule has 6 heteroatoms. The monoisotopic (exact) mass is 358 g/mol. The van der Waals surface area contributed by atoms with E-state index in [-0.39, 0.29) is 37.1 Å². The van der Waals surface area contributed by atoms with E-state index >= 15 is 0 Å². The number of rotatable bonds is 7. The Labute approximate surface area is 152 Å². The van der Waals surface area contributed by atoms with Gasteiger partial charge in [-0.1, -0.05) is 24.3 Å². The van der Waals surface area contributed by atoms with Crippen molar-refractivity contribution in [3.8, 4) is 5.75 Å². The van der Waals surface area contributed by atoms with Crippen LogP contribution in [0, 0.1) is 19.7 Å². The van der Waals surface area contributed by atoms with E-state index in [1.165, 1.54) is 17.0 Å². The summed E-state index contributed by atoms with van der Waals surface area (Å²) in [5, 5.41) is 2.81. The van der Waals surface area contributed by atoms with Crippen molar-refractivity contribution in [1.82, 2.24) is 4.90 Å². The number of halogens is 1. The smallest absolute Gasteiger partial charge is 0.243 e. The summed E-state index contributed by atoms with van der Waals surface area (Å²) in [4.78, 5) is 25.6. The molecule has 0 fully saturated rings. The molecule has 0 unspecified atom stereocenters. The fourth-order valence-electron chi connectivity index (χ4n) is 2.38. The van der Waals surface area contributed by atoms with Gasteiger partial charge in [-0.15, -0.1) is 0 Å². The molecule has 2 rings (SSSR count). The minimum atomic E-state index is -0.471. The van der Waals surface area contributed by atoms with Gasteiger partial charge in [-0.05, 0) is 43.2 Å². The van der Waals surface area contributed by atoms with Gasteiger partial charge in [0.05, 0.1) is 19.6 Å². The van der Waals surface area contributed by atoms with Crippen LogP contribution in [0.3, 0.4) is 0 Å². The van der Waals surface area contributed by atoms with Gasteiger partial charge >= 0.3 is 0 Å². The second kappa shape index (κ2) is 8.99. The Kier molecular flexibility index (Phi) is 6.72. The van der Waals surface area contributed by atoms with Crippen LogP contribution in [0.25, 0.3) is 0 Å². The highest BCUT2D eigenvalue weighted by atomic mass is 19.1. The molecule has 5 nitrogen and oxygen atoms in total. The second-order valence-electron chi connectivity index (χ2n) is 6.07. The first-order chi connectivity index (χ1) is 12.4. The highest BCUT2D eigenvalue weighted by molar-refractivity contribution is 5.95. The van der Waals surface area contributed by atoms with Gasteiger partial charge in [0, 0.05) is 12.7 Å². The van der Waals surface area contributed by atoms with Gasteiger partial charge in [0.2, 0.25) is 11.8 Å². The number of nitrogens with one attached hydrogen (secondary N) is 1. The summed E-state index contributed by atoms with van der Waals surface area (Å²) in [6.07, 6.45) is 0.0571. The molecule has 0 aliphatic rings. The predicted molar refractivity (Wildman–Crippen MR) is 98.7 cm³/mol. The Morgan fingerprint density at radius 2 is 1.85 bits per heavy atom. The summed E-state index contributed by atoms with van der Waals surface area (Å²) in [6, 6.07) is 11.7. The third-order valence-corrected chi connectivity index (χ3v) is 4.10. The molecule has 2 aromatic rings. The van der Waals surface area contributed by atoms with Crippen molar-refractivity contribution in [2.45, 2.75) is 20.3 Å². The van der Waals surface area contributed by atoms with Gasteiger partial charge in [-0.25, -0.2) is 4.39 Å². The molecule has 0 bridgehead atoms. The van der Waals surface area contributed by atoms with E-state index < -0.39 is 5.82 Å². The van der Waals surface area contributed by atoms with Crippen LogP contribution >= 0.6 is 0 Å². The average Bonchev–Trinajstić information content (AvgIpc) is 2.60. The lowest BCUT2D eigenvalue weighted by atomic mass is 10.1. The van der Waals surface area contributed by atoms with Crippen molar-refractivity contribution in [2.75, 3.05) is 25.5 Å². The molecule has 2 amide bonds. The number of amides is 2. The van der Waals surface area contributed by atoms with Gasteiger partial charge < -0.3 is 15.0 Å². The summed E-state index contributed by atoms with van der Waals surface area (Å²) < 4.78 is 18.7. The van der Waals surface area contributed by atoms with Crippen molar-refractivity contribution in [1.29, 1.82) is 0 Å². The molecule has 0 saturated carbocycles. The Hall–Kier alpha value is -2.89. The molecule has 0 spiro atoms. The molecule has 0 aliphatic carbocycles. The number of para-hydroxylation sites is 1. The number of benzene rings is 2. The SMILES string of the molecule is Cc1cccc(NC(=O)CN(C)C(=O)CCOc2ccccc2F)c1C. The first-order valence-electron chi connectivity index (χ1n) is 8.36. The summed E-state index contributed by atoms with van der Waals surface area (Å²) >= 11 is 0. The quantitative estimate of drug-likeness (QED) is 0.826. The summed E-state index contributed by atoms with van der Waals surface area (Å²) in [6.45, 7) is 3.88. The number of carbonyl (C=O) groups is 2. The number of hydrogen-bond donors (Lipinski definition) is 1. The lowest BCUT2D eigenvalue weighted by Gasteiger charge is -2.18. The standard InChI is InChI=1S/C20H23FN2O3/c1-14-7-6-9-17(15(14)2)22-19(24)13-23(3)20(25)11-12-26-18-10-5-4-8-16(18)21/h4-10H,11-13H2,1-3H3,(H,22,24). The number of aryl methyl sites for hydroxylation is 1. The lowest BCUT2D eigenvalue weighted by Crippen LogP contribution is -2.35. The molecular weight excluding hydrogens is 335 g/mol. The van der Waals surface area contributed by atoms with Crippen molar-refractivity contribution in [3.63, 3.8) is 0 Å². The van der Waals surface area contributed by atoms with E-state index in [0.717, 1.165) is 16.8 Å². The number of carbonyl (C=O) groups excluding carboxylic acids is 2. The average molecular weight is 358 g/mol. The van der Waals surface area contributed by atoms with E-state index in [2.05, 4.69) is 5.32 Å². The van der Waals surface area contributed by atoms with Crippen LogP contribution < -0.4 is 10.1 Å². The van der Waals surface area contributed by atoms with Crippen LogP contribution in [0.2, 0.25) is 0 Å². The summed E-state index contributed by atoms with van der Waals surface area (Å²) in [5.41, 5.74) is 2.81. The van der Waals surface area contributed by atoms with E-state index in [9.17, 15) is 14.0 Å². The largest absolute Gasteiger partial charge is 0.490 e. The fraction of sp³-hybridized carbons (Fsp3) is 0.300. The zero-order valence-electron chi connectivity index (χ0n) is 15.2. The minimum Gasteiger partial charge on any atom is -0.490 e. The van der Waals surface area contributed by atoms with E-state index in [0.29, 0.717) is 0 Å². The number of nitrogens with zero attached hydrogens (tertiary/aromatic N) is 1. The van der Waals surface area contributed by atoms with Crippen LogP contribution in [0.1, 0.15) is 17.5 Å². The predicted octanol–water partition coefficient (Wildman–Crippen LogP) is 3.31. The topological polar surface area (TPSA) is 58.6 Å². The Bertz CT molecular complexity index is 792. The molecule has 26 heavy (non-hydrogen) atoms. The van der Waals surface area contributed by atoms with Crippen molar-refractivity contribution in [2.24, 2.45) is 0 Å². The van der Waals surface area contributed by atoms with E-state index in [4.69, 9.17) is 4.74 Å².